The van der Waals surface area contributed by atoms with Gasteiger partial charge in [0.2, 0.25) is 0 Å². The fraction of sp³-hybridized carbons (Fsp3) is 0.304. The van der Waals surface area contributed by atoms with E-state index in [4.69, 9.17) is 16.3 Å². The van der Waals surface area contributed by atoms with Gasteiger partial charge in [-0.05, 0) is 18.6 Å². The summed E-state index contributed by atoms with van der Waals surface area (Å²) >= 11 is 9.00. The maximum absolute atomic E-state index is 14.3. The zero-order valence-electron chi connectivity index (χ0n) is 17.5. The third kappa shape index (κ3) is 4.61. The third-order valence-electron chi connectivity index (χ3n) is 5.57. The first-order valence-electron chi connectivity index (χ1n) is 10.6. The third-order valence-corrected chi connectivity index (χ3v) is 8.26. The summed E-state index contributed by atoms with van der Waals surface area (Å²) < 4.78 is 34.7. The zero-order chi connectivity index (χ0) is 22.9. The summed E-state index contributed by atoms with van der Waals surface area (Å²) in [6.07, 6.45) is 0.695. The number of hydrogen-bond donors (Lipinski definition) is 0. The lowest BCUT2D eigenvalue weighted by Gasteiger charge is -2.27. The van der Waals surface area contributed by atoms with E-state index < -0.39 is 11.6 Å². The Labute approximate surface area is 202 Å². The number of morpholine rings is 1. The van der Waals surface area contributed by atoms with Crippen LogP contribution in [0, 0.1) is 11.6 Å². The standard InChI is InChI=1S/C23H20ClF2N3O2S2/c24-19-15-4-1-2-5-17(15)32-21(19)22(30)29(7-3-6-28-8-10-31-11-9-28)23-27-20-16(26)12-14(25)13-18(20)33-23/h1-2,4-5,12-13H,3,6-11H2. The summed E-state index contributed by atoms with van der Waals surface area (Å²) in [5.41, 5.74) is 0.0600. The first-order chi connectivity index (χ1) is 16.0. The van der Waals surface area contributed by atoms with Gasteiger partial charge >= 0.3 is 0 Å². The molecule has 0 aliphatic carbocycles. The van der Waals surface area contributed by atoms with Crippen LogP contribution in [0.4, 0.5) is 13.9 Å². The number of benzene rings is 2. The molecule has 1 amide bonds. The molecule has 2 aromatic carbocycles. The van der Waals surface area contributed by atoms with E-state index in [0.29, 0.717) is 45.9 Å². The van der Waals surface area contributed by atoms with Crippen molar-refractivity contribution in [2.24, 2.45) is 0 Å². The van der Waals surface area contributed by atoms with Crippen molar-refractivity contribution in [1.82, 2.24) is 9.88 Å². The van der Waals surface area contributed by atoms with Crippen molar-refractivity contribution in [3.63, 3.8) is 0 Å². The van der Waals surface area contributed by atoms with Crippen LogP contribution in [0.2, 0.25) is 5.02 Å². The topological polar surface area (TPSA) is 45.7 Å². The van der Waals surface area contributed by atoms with Crippen LogP contribution in [0.3, 0.4) is 0 Å². The predicted octanol–water partition coefficient (Wildman–Crippen LogP) is 5.81. The minimum Gasteiger partial charge on any atom is -0.379 e. The number of fused-ring (bicyclic) bond motifs is 2. The zero-order valence-corrected chi connectivity index (χ0v) is 19.9. The SMILES string of the molecule is O=C(c1sc2ccccc2c1Cl)N(CCCN1CCOCC1)c1nc2c(F)cc(F)cc2s1. The molecule has 2 aromatic heterocycles. The van der Waals surface area contributed by atoms with Gasteiger partial charge in [0.15, 0.2) is 10.9 Å². The lowest BCUT2D eigenvalue weighted by atomic mass is 10.2. The van der Waals surface area contributed by atoms with Gasteiger partial charge in [-0.15, -0.1) is 11.3 Å². The van der Waals surface area contributed by atoms with Crippen LogP contribution in [0.5, 0.6) is 0 Å². The van der Waals surface area contributed by atoms with Gasteiger partial charge in [-0.25, -0.2) is 13.8 Å². The molecule has 172 valence electrons. The van der Waals surface area contributed by atoms with Gasteiger partial charge in [0.25, 0.3) is 5.91 Å². The van der Waals surface area contributed by atoms with E-state index in [1.54, 1.807) is 4.90 Å². The Bertz CT molecular complexity index is 1320. The average Bonchev–Trinajstić information content (AvgIpc) is 3.39. The number of amides is 1. The number of hydrogen-bond acceptors (Lipinski definition) is 6. The van der Waals surface area contributed by atoms with Gasteiger partial charge in [-0.3, -0.25) is 14.6 Å². The van der Waals surface area contributed by atoms with Crippen molar-refractivity contribution >= 4 is 65.6 Å². The highest BCUT2D eigenvalue weighted by Crippen LogP contribution is 2.38. The van der Waals surface area contributed by atoms with Crippen LogP contribution in [-0.4, -0.2) is 55.2 Å². The molecule has 10 heteroatoms. The van der Waals surface area contributed by atoms with E-state index in [1.807, 2.05) is 24.3 Å². The molecule has 4 aromatic rings. The second-order valence-corrected chi connectivity index (χ2v) is 10.2. The van der Waals surface area contributed by atoms with E-state index in [0.717, 1.165) is 47.1 Å². The van der Waals surface area contributed by atoms with Crippen LogP contribution in [0.1, 0.15) is 16.1 Å². The number of rotatable bonds is 6. The largest absolute Gasteiger partial charge is 0.379 e. The number of aromatic nitrogens is 1. The molecule has 0 unspecified atom stereocenters. The Hall–Kier alpha value is -2.17. The number of carbonyl (C=O) groups is 1. The van der Waals surface area contributed by atoms with Crippen molar-refractivity contribution in [2.45, 2.75) is 6.42 Å². The Morgan fingerprint density at radius 3 is 2.73 bits per heavy atom. The molecule has 1 aliphatic rings. The summed E-state index contributed by atoms with van der Waals surface area (Å²) in [7, 11) is 0. The minimum absolute atomic E-state index is 0.0600. The average molecular weight is 508 g/mol. The smallest absolute Gasteiger partial charge is 0.271 e. The second-order valence-electron chi connectivity index (χ2n) is 7.74. The fourth-order valence-corrected chi connectivity index (χ4v) is 6.39. The van der Waals surface area contributed by atoms with Crippen molar-refractivity contribution in [3.8, 4) is 0 Å². The first-order valence-corrected chi connectivity index (χ1v) is 12.6. The summed E-state index contributed by atoms with van der Waals surface area (Å²) in [5.74, 6) is -1.70. The maximum atomic E-state index is 14.3. The normalized spacial score (nSPS) is 14.9. The quantitative estimate of drug-likeness (QED) is 0.330. The fourth-order valence-electron chi connectivity index (χ4n) is 3.90. The highest BCUT2D eigenvalue weighted by atomic mass is 35.5. The van der Waals surface area contributed by atoms with Gasteiger partial charge in [-0.2, -0.15) is 0 Å². The van der Waals surface area contributed by atoms with Crippen LogP contribution in [-0.2, 0) is 4.74 Å². The van der Waals surface area contributed by atoms with Crippen molar-refractivity contribution in [2.75, 3.05) is 44.3 Å². The van der Waals surface area contributed by atoms with Gasteiger partial charge in [0, 0.05) is 42.3 Å². The van der Waals surface area contributed by atoms with Gasteiger partial charge in [0.05, 0.1) is 22.9 Å². The number of nitrogens with zero attached hydrogens (tertiary/aromatic N) is 3. The summed E-state index contributed by atoms with van der Waals surface area (Å²) in [6.45, 7) is 4.26. The molecule has 1 aliphatic heterocycles. The molecule has 3 heterocycles. The molecule has 0 saturated carbocycles. The van der Waals surface area contributed by atoms with Crippen molar-refractivity contribution in [3.05, 3.63) is 57.9 Å². The molecule has 0 bridgehead atoms. The number of thiophene rings is 1. The van der Waals surface area contributed by atoms with Crippen LogP contribution in [0.25, 0.3) is 20.3 Å². The lowest BCUT2D eigenvalue weighted by Crippen LogP contribution is -2.39. The molecule has 5 rings (SSSR count). The van der Waals surface area contributed by atoms with E-state index in [-0.39, 0.29) is 11.4 Å². The van der Waals surface area contributed by atoms with E-state index in [9.17, 15) is 13.6 Å². The monoisotopic (exact) mass is 507 g/mol. The Morgan fingerprint density at radius 1 is 1.15 bits per heavy atom. The lowest BCUT2D eigenvalue weighted by molar-refractivity contribution is 0.0376. The molecule has 1 fully saturated rings. The van der Waals surface area contributed by atoms with Crippen LogP contribution < -0.4 is 4.90 Å². The van der Waals surface area contributed by atoms with E-state index >= 15 is 0 Å². The van der Waals surface area contributed by atoms with Gasteiger partial charge < -0.3 is 4.74 Å². The maximum Gasteiger partial charge on any atom is 0.271 e. The summed E-state index contributed by atoms with van der Waals surface area (Å²) in [5, 5.41) is 1.55. The molecule has 33 heavy (non-hydrogen) atoms. The Balaban J connectivity index is 1.48. The number of carbonyl (C=O) groups excluding carboxylic acids is 1. The number of halogens is 3. The molecular formula is C23H20ClF2N3O2S2. The van der Waals surface area contributed by atoms with E-state index in [1.165, 1.54) is 17.4 Å². The van der Waals surface area contributed by atoms with E-state index in [2.05, 4.69) is 9.88 Å². The Kier molecular flexibility index (Phi) is 6.58. The first kappa shape index (κ1) is 22.6. The molecule has 1 saturated heterocycles. The highest BCUT2D eigenvalue weighted by Gasteiger charge is 2.27. The molecule has 5 nitrogen and oxygen atoms in total. The summed E-state index contributed by atoms with van der Waals surface area (Å²) in [4.78, 5) is 22.3. The highest BCUT2D eigenvalue weighted by molar-refractivity contribution is 7.23. The second kappa shape index (κ2) is 9.60. The van der Waals surface area contributed by atoms with Gasteiger partial charge in [-0.1, -0.05) is 41.1 Å². The molecule has 0 spiro atoms. The Morgan fingerprint density at radius 2 is 1.94 bits per heavy atom. The number of ether oxygens (including phenoxy) is 1. The molecule has 0 radical (unpaired) electrons. The number of anilines is 1. The number of thiazole rings is 1. The van der Waals surface area contributed by atoms with Crippen molar-refractivity contribution in [1.29, 1.82) is 0 Å². The van der Waals surface area contributed by atoms with Gasteiger partial charge in [0.1, 0.15) is 16.2 Å². The van der Waals surface area contributed by atoms with Crippen LogP contribution >= 0.6 is 34.3 Å². The molecular weight excluding hydrogens is 488 g/mol. The molecule has 0 atom stereocenters. The van der Waals surface area contributed by atoms with Crippen molar-refractivity contribution < 1.29 is 18.3 Å². The predicted molar refractivity (Wildman–Crippen MR) is 130 cm³/mol. The summed E-state index contributed by atoms with van der Waals surface area (Å²) in [6, 6.07) is 9.61. The molecule has 0 N–H and O–H groups in total. The van der Waals surface area contributed by atoms with Crippen LogP contribution in [0.15, 0.2) is 36.4 Å². The minimum atomic E-state index is -0.742.